The lowest BCUT2D eigenvalue weighted by Gasteiger charge is -2.34. The van der Waals surface area contributed by atoms with Crippen LogP contribution in [0, 0.1) is 11.8 Å². The first-order chi connectivity index (χ1) is 10.9. The topological polar surface area (TPSA) is 75.4 Å². The smallest absolute Gasteiger partial charge is 0.253 e. The van der Waals surface area contributed by atoms with Crippen LogP contribution in [0.25, 0.3) is 0 Å². The number of anilines is 1. The molecule has 0 saturated carbocycles. The summed E-state index contributed by atoms with van der Waals surface area (Å²) in [5, 5.41) is 2.83. The molecular formula is C18H28ClN3O2. The van der Waals surface area contributed by atoms with Crippen molar-refractivity contribution in [2.45, 2.75) is 39.7 Å². The molecule has 1 aromatic carbocycles. The minimum atomic E-state index is -0.0696. The number of amides is 2. The largest absolute Gasteiger partial charge is 0.338 e. The fourth-order valence-corrected chi connectivity index (χ4v) is 2.79. The van der Waals surface area contributed by atoms with Crippen molar-refractivity contribution in [3.8, 4) is 0 Å². The van der Waals surface area contributed by atoms with Crippen LogP contribution in [0.1, 0.15) is 44.0 Å². The highest BCUT2D eigenvalue weighted by Gasteiger charge is 2.26. The maximum Gasteiger partial charge on any atom is 0.253 e. The molecule has 1 aliphatic heterocycles. The van der Waals surface area contributed by atoms with Gasteiger partial charge in [-0.25, -0.2) is 0 Å². The third kappa shape index (κ3) is 5.21. The molecule has 6 heteroatoms. The van der Waals surface area contributed by atoms with Crippen LogP contribution in [0.2, 0.25) is 0 Å². The molecule has 1 heterocycles. The number of nitrogens with one attached hydrogen (secondary N) is 1. The van der Waals surface area contributed by atoms with Gasteiger partial charge in [-0.15, -0.1) is 12.4 Å². The summed E-state index contributed by atoms with van der Waals surface area (Å²) in [6, 6.07) is 7.21. The number of hydrogen-bond acceptors (Lipinski definition) is 3. The van der Waals surface area contributed by atoms with Crippen LogP contribution in [0.4, 0.5) is 5.69 Å². The number of carbonyl (C=O) groups is 2. The summed E-state index contributed by atoms with van der Waals surface area (Å²) < 4.78 is 0. The van der Waals surface area contributed by atoms with Gasteiger partial charge in [0.2, 0.25) is 5.91 Å². The number of benzene rings is 1. The molecule has 2 amide bonds. The first kappa shape index (κ1) is 20.5. The first-order valence-electron chi connectivity index (χ1n) is 8.34. The standard InChI is InChI=1S/C18H27N3O2.ClH/c1-12(2)17(22)20-16-8-6-14(7-9-16)18(23)21-10-4-5-15(11-21)13(3)19;/h6-9,12-13,15H,4-5,10-11,19H2,1-3H3,(H,20,22);1H. The Labute approximate surface area is 150 Å². The molecular weight excluding hydrogens is 326 g/mol. The van der Waals surface area contributed by atoms with Crippen molar-refractivity contribution >= 4 is 29.9 Å². The van der Waals surface area contributed by atoms with E-state index in [4.69, 9.17) is 5.73 Å². The van der Waals surface area contributed by atoms with Gasteiger partial charge < -0.3 is 16.0 Å². The second-order valence-corrected chi connectivity index (χ2v) is 6.73. The molecule has 2 rings (SSSR count). The van der Waals surface area contributed by atoms with Gasteiger partial charge in [0.15, 0.2) is 0 Å². The molecule has 1 fully saturated rings. The van der Waals surface area contributed by atoms with Crippen molar-refractivity contribution in [1.82, 2.24) is 4.90 Å². The van der Waals surface area contributed by atoms with E-state index in [-0.39, 0.29) is 36.2 Å². The fraction of sp³-hybridized carbons (Fsp3) is 0.556. The van der Waals surface area contributed by atoms with E-state index in [0.717, 1.165) is 25.9 Å². The van der Waals surface area contributed by atoms with Gasteiger partial charge in [-0.3, -0.25) is 9.59 Å². The number of nitrogens with two attached hydrogens (primary N) is 1. The Morgan fingerprint density at radius 3 is 2.38 bits per heavy atom. The minimum absolute atomic E-state index is 0. The van der Waals surface area contributed by atoms with E-state index >= 15 is 0 Å². The number of piperidine rings is 1. The lowest BCUT2D eigenvalue weighted by atomic mass is 9.92. The van der Waals surface area contributed by atoms with E-state index in [1.165, 1.54) is 0 Å². The first-order valence-corrected chi connectivity index (χ1v) is 8.34. The average Bonchev–Trinajstić information content (AvgIpc) is 2.55. The van der Waals surface area contributed by atoms with Gasteiger partial charge in [0.25, 0.3) is 5.91 Å². The summed E-state index contributed by atoms with van der Waals surface area (Å²) in [4.78, 5) is 26.2. The maximum absolute atomic E-state index is 12.6. The van der Waals surface area contributed by atoms with Crippen molar-refractivity contribution in [3.63, 3.8) is 0 Å². The molecule has 0 bridgehead atoms. The summed E-state index contributed by atoms with van der Waals surface area (Å²) >= 11 is 0. The van der Waals surface area contributed by atoms with Gasteiger partial charge in [0.1, 0.15) is 0 Å². The molecule has 1 saturated heterocycles. The molecule has 0 aliphatic carbocycles. The lowest BCUT2D eigenvalue weighted by molar-refractivity contribution is -0.118. The molecule has 1 aliphatic rings. The summed E-state index contributed by atoms with van der Waals surface area (Å²) in [5.74, 6) is 0.314. The van der Waals surface area contributed by atoms with Gasteiger partial charge in [-0.1, -0.05) is 13.8 Å². The third-order valence-corrected chi connectivity index (χ3v) is 4.41. The van der Waals surface area contributed by atoms with Crippen molar-refractivity contribution in [3.05, 3.63) is 29.8 Å². The number of hydrogen-bond donors (Lipinski definition) is 2. The zero-order valence-electron chi connectivity index (χ0n) is 14.6. The summed E-state index contributed by atoms with van der Waals surface area (Å²) in [7, 11) is 0. The van der Waals surface area contributed by atoms with E-state index in [1.54, 1.807) is 24.3 Å². The number of rotatable bonds is 4. The molecule has 1 aromatic rings. The van der Waals surface area contributed by atoms with E-state index in [2.05, 4.69) is 5.32 Å². The molecule has 2 unspecified atom stereocenters. The molecule has 2 atom stereocenters. The molecule has 0 radical (unpaired) electrons. The van der Waals surface area contributed by atoms with Crippen molar-refractivity contribution in [2.24, 2.45) is 17.6 Å². The predicted octanol–water partition coefficient (Wildman–Crippen LogP) is 2.90. The van der Waals surface area contributed by atoms with E-state index < -0.39 is 0 Å². The number of carbonyl (C=O) groups excluding carboxylic acids is 2. The van der Waals surface area contributed by atoms with Gasteiger partial charge >= 0.3 is 0 Å². The normalized spacial score (nSPS) is 18.7. The second-order valence-electron chi connectivity index (χ2n) is 6.73. The third-order valence-electron chi connectivity index (χ3n) is 4.41. The second kappa shape index (κ2) is 9.04. The minimum Gasteiger partial charge on any atom is -0.338 e. The quantitative estimate of drug-likeness (QED) is 0.873. The SMILES string of the molecule is CC(C)C(=O)Nc1ccc(C(=O)N2CCCC(C(C)N)C2)cc1.Cl. The Morgan fingerprint density at radius 2 is 1.83 bits per heavy atom. The monoisotopic (exact) mass is 353 g/mol. The summed E-state index contributed by atoms with van der Waals surface area (Å²) in [6.07, 6.45) is 2.09. The molecule has 5 nitrogen and oxygen atoms in total. The van der Waals surface area contributed by atoms with Crippen molar-refractivity contribution in [1.29, 1.82) is 0 Å². The molecule has 24 heavy (non-hydrogen) atoms. The van der Waals surface area contributed by atoms with Crippen LogP contribution >= 0.6 is 12.4 Å². The predicted molar refractivity (Wildman–Crippen MR) is 99.4 cm³/mol. The Kier molecular flexibility index (Phi) is 7.70. The highest BCUT2D eigenvalue weighted by atomic mass is 35.5. The van der Waals surface area contributed by atoms with E-state index in [1.807, 2.05) is 25.7 Å². The average molecular weight is 354 g/mol. The van der Waals surface area contributed by atoms with E-state index in [0.29, 0.717) is 17.2 Å². The summed E-state index contributed by atoms with van der Waals surface area (Å²) in [5.41, 5.74) is 7.35. The van der Waals surface area contributed by atoms with E-state index in [9.17, 15) is 9.59 Å². The highest BCUT2D eigenvalue weighted by Crippen LogP contribution is 2.21. The van der Waals surface area contributed by atoms with Crippen LogP contribution in [0.5, 0.6) is 0 Å². The van der Waals surface area contributed by atoms with Crippen molar-refractivity contribution < 1.29 is 9.59 Å². The number of likely N-dealkylation sites (tertiary alicyclic amines) is 1. The van der Waals surface area contributed by atoms with Gasteiger partial charge in [0, 0.05) is 36.3 Å². The Balaban J connectivity index is 0.00000288. The summed E-state index contributed by atoms with van der Waals surface area (Å²) in [6.45, 7) is 7.21. The molecule has 134 valence electrons. The maximum atomic E-state index is 12.6. The lowest BCUT2D eigenvalue weighted by Crippen LogP contribution is -2.45. The fourth-order valence-electron chi connectivity index (χ4n) is 2.79. The molecule has 3 N–H and O–H groups in total. The highest BCUT2D eigenvalue weighted by molar-refractivity contribution is 5.96. The van der Waals surface area contributed by atoms with Gasteiger partial charge in [0.05, 0.1) is 0 Å². The zero-order chi connectivity index (χ0) is 17.0. The van der Waals surface area contributed by atoms with Crippen LogP contribution in [-0.2, 0) is 4.79 Å². The van der Waals surface area contributed by atoms with Crippen LogP contribution in [0.3, 0.4) is 0 Å². The molecule has 0 aromatic heterocycles. The zero-order valence-corrected chi connectivity index (χ0v) is 15.4. The number of nitrogens with zero attached hydrogens (tertiary/aromatic N) is 1. The van der Waals surface area contributed by atoms with Crippen LogP contribution < -0.4 is 11.1 Å². The van der Waals surface area contributed by atoms with Gasteiger partial charge in [-0.2, -0.15) is 0 Å². The van der Waals surface area contributed by atoms with Crippen LogP contribution in [-0.4, -0.2) is 35.8 Å². The Bertz CT molecular complexity index is 558. The number of halogens is 1. The Hall–Kier alpha value is -1.59. The Morgan fingerprint density at radius 1 is 1.21 bits per heavy atom. The van der Waals surface area contributed by atoms with Gasteiger partial charge in [-0.05, 0) is 49.9 Å². The van der Waals surface area contributed by atoms with Crippen molar-refractivity contribution in [2.75, 3.05) is 18.4 Å². The molecule has 0 spiro atoms. The van der Waals surface area contributed by atoms with Crippen LogP contribution in [0.15, 0.2) is 24.3 Å².